The molecule has 0 aliphatic carbocycles. The maximum absolute atomic E-state index is 6.22. The van der Waals surface area contributed by atoms with E-state index in [9.17, 15) is 0 Å². The first kappa shape index (κ1) is 16.2. The van der Waals surface area contributed by atoms with E-state index in [2.05, 4.69) is 22.0 Å². The Labute approximate surface area is 143 Å². The molecule has 0 fully saturated rings. The Morgan fingerprint density at radius 2 is 1.65 bits per heavy atom. The lowest BCUT2D eigenvalue weighted by Gasteiger charge is -2.16. The maximum atomic E-state index is 6.22. The zero-order chi connectivity index (χ0) is 14.5. The minimum atomic E-state index is 0.325. The molecular formula is C16H14BrCl3. The third kappa shape index (κ3) is 4.39. The zero-order valence-corrected chi connectivity index (χ0v) is 14.6. The lowest BCUT2D eigenvalue weighted by Crippen LogP contribution is -2.11. The minimum absolute atomic E-state index is 0.325. The molecule has 0 N–H and O–H groups in total. The molecule has 0 aliphatic heterocycles. The monoisotopic (exact) mass is 390 g/mol. The zero-order valence-electron chi connectivity index (χ0n) is 10.8. The van der Waals surface area contributed by atoms with Crippen molar-refractivity contribution in [3.63, 3.8) is 0 Å². The van der Waals surface area contributed by atoms with Crippen molar-refractivity contribution in [2.24, 2.45) is 5.92 Å². The summed E-state index contributed by atoms with van der Waals surface area (Å²) in [5, 5.41) is 1.45. The third-order valence-electron chi connectivity index (χ3n) is 3.20. The van der Waals surface area contributed by atoms with Crippen molar-refractivity contribution < 1.29 is 0 Å². The van der Waals surface area contributed by atoms with Crippen LogP contribution < -0.4 is 0 Å². The number of halogens is 4. The third-order valence-corrected chi connectivity index (χ3v) is 5.01. The number of hydrogen-bond acceptors (Lipinski definition) is 0. The molecule has 0 heterocycles. The Bertz CT molecular complexity index is 584. The van der Waals surface area contributed by atoms with Gasteiger partial charge in [0.25, 0.3) is 0 Å². The Balaban J connectivity index is 2.13. The average Bonchev–Trinajstić information content (AvgIpc) is 2.44. The van der Waals surface area contributed by atoms with Crippen LogP contribution in [0.1, 0.15) is 11.1 Å². The summed E-state index contributed by atoms with van der Waals surface area (Å²) in [4.78, 5) is 0. The summed E-state index contributed by atoms with van der Waals surface area (Å²) in [5.41, 5.74) is 2.31. The molecule has 0 radical (unpaired) electrons. The van der Waals surface area contributed by atoms with E-state index in [0.29, 0.717) is 16.8 Å². The van der Waals surface area contributed by atoms with E-state index in [1.807, 2.05) is 30.3 Å². The van der Waals surface area contributed by atoms with E-state index in [-0.39, 0.29) is 0 Å². The fourth-order valence-electron chi connectivity index (χ4n) is 2.17. The molecule has 2 rings (SSSR count). The predicted molar refractivity (Wildman–Crippen MR) is 92.2 cm³/mol. The first-order valence-electron chi connectivity index (χ1n) is 6.33. The summed E-state index contributed by atoms with van der Waals surface area (Å²) in [7, 11) is 0. The molecule has 0 spiro atoms. The first-order chi connectivity index (χ1) is 9.60. The van der Waals surface area contributed by atoms with Crippen LogP contribution in [0.2, 0.25) is 10.0 Å². The van der Waals surface area contributed by atoms with Crippen molar-refractivity contribution in [1.82, 2.24) is 0 Å². The van der Waals surface area contributed by atoms with Crippen LogP contribution >= 0.6 is 50.7 Å². The highest BCUT2D eigenvalue weighted by Crippen LogP contribution is 2.27. The highest BCUT2D eigenvalue weighted by molar-refractivity contribution is 9.10. The van der Waals surface area contributed by atoms with Gasteiger partial charge in [-0.3, -0.25) is 0 Å². The van der Waals surface area contributed by atoms with Crippen molar-refractivity contribution >= 4 is 50.7 Å². The van der Waals surface area contributed by atoms with Crippen LogP contribution in [0.25, 0.3) is 0 Å². The van der Waals surface area contributed by atoms with E-state index < -0.39 is 0 Å². The van der Waals surface area contributed by atoms with Gasteiger partial charge >= 0.3 is 0 Å². The smallest absolute Gasteiger partial charge is 0.0439 e. The average molecular weight is 393 g/mol. The second-order valence-electron chi connectivity index (χ2n) is 4.76. The molecule has 4 heteroatoms. The van der Waals surface area contributed by atoms with Gasteiger partial charge in [-0.25, -0.2) is 0 Å². The second-order valence-corrected chi connectivity index (χ2v) is 6.76. The Morgan fingerprint density at radius 1 is 0.950 bits per heavy atom. The van der Waals surface area contributed by atoms with Gasteiger partial charge in [-0.2, -0.15) is 0 Å². The lowest BCUT2D eigenvalue weighted by atomic mass is 9.94. The van der Waals surface area contributed by atoms with Gasteiger partial charge in [-0.1, -0.05) is 57.3 Å². The molecule has 0 amide bonds. The molecule has 0 aliphatic rings. The second kappa shape index (κ2) is 7.70. The van der Waals surface area contributed by atoms with Crippen LogP contribution in [0.15, 0.2) is 46.9 Å². The van der Waals surface area contributed by atoms with E-state index in [0.717, 1.165) is 27.9 Å². The number of benzene rings is 2. The number of hydrogen-bond donors (Lipinski definition) is 0. The topological polar surface area (TPSA) is 0 Å². The van der Waals surface area contributed by atoms with E-state index in [1.165, 1.54) is 5.56 Å². The molecule has 106 valence electrons. The van der Waals surface area contributed by atoms with Crippen molar-refractivity contribution in [1.29, 1.82) is 0 Å². The van der Waals surface area contributed by atoms with Crippen molar-refractivity contribution in [2.45, 2.75) is 12.8 Å². The van der Waals surface area contributed by atoms with Crippen LogP contribution in [-0.4, -0.2) is 5.88 Å². The standard InChI is InChI=1S/C16H14BrCl3/c17-15-4-2-1-3-12(15)7-11(10-18)8-13-9-14(19)5-6-16(13)20/h1-6,9,11H,7-8,10H2. The minimum Gasteiger partial charge on any atom is -0.126 e. The molecular weight excluding hydrogens is 378 g/mol. The number of alkyl halides is 1. The predicted octanol–water partition coefficient (Wildman–Crippen LogP) is 6.40. The highest BCUT2D eigenvalue weighted by Gasteiger charge is 2.13. The van der Waals surface area contributed by atoms with Crippen LogP contribution in [0.4, 0.5) is 0 Å². The van der Waals surface area contributed by atoms with Gasteiger partial charge in [0.1, 0.15) is 0 Å². The van der Waals surface area contributed by atoms with Gasteiger partial charge in [0.2, 0.25) is 0 Å². The fraction of sp³-hybridized carbons (Fsp3) is 0.250. The molecule has 2 aromatic carbocycles. The van der Waals surface area contributed by atoms with Crippen LogP contribution in [0, 0.1) is 5.92 Å². The summed E-state index contributed by atoms with van der Waals surface area (Å²) in [6, 6.07) is 13.8. The normalized spacial score (nSPS) is 12.4. The van der Waals surface area contributed by atoms with E-state index in [1.54, 1.807) is 6.07 Å². The summed E-state index contributed by atoms with van der Waals surface area (Å²) in [6.07, 6.45) is 1.73. The van der Waals surface area contributed by atoms with Crippen LogP contribution in [-0.2, 0) is 12.8 Å². The molecule has 0 aromatic heterocycles. The van der Waals surface area contributed by atoms with Gasteiger partial charge in [-0.15, -0.1) is 11.6 Å². The van der Waals surface area contributed by atoms with Gasteiger partial charge in [0, 0.05) is 20.4 Å². The molecule has 0 bridgehead atoms. The molecule has 1 unspecified atom stereocenters. The lowest BCUT2D eigenvalue weighted by molar-refractivity contribution is 0.583. The first-order valence-corrected chi connectivity index (χ1v) is 8.41. The fourth-order valence-corrected chi connectivity index (χ4v) is 3.22. The van der Waals surface area contributed by atoms with Gasteiger partial charge < -0.3 is 0 Å². The van der Waals surface area contributed by atoms with Crippen molar-refractivity contribution in [2.75, 3.05) is 5.88 Å². The number of rotatable bonds is 5. The summed E-state index contributed by atoms with van der Waals surface area (Å²) in [6.45, 7) is 0. The molecule has 20 heavy (non-hydrogen) atoms. The summed E-state index contributed by atoms with van der Waals surface area (Å²) in [5.74, 6) is 0.913. The SMILES string of the molecule is ClCC(Cc1cc(Cl)ccc1Cl)Cc1ccccc1Br. The Morgan fingerprint density at radius 3 is 2.35 bits per heavy atom. The summed E-state index contributed by atoms with van der Waals surface area (Å²) < 4.78 is 1.12. The van der Waals surface area contributed by atoms with Crippen LogP contribution in [0.5, 0.6) is 0 Å². The van der Waals surface area contributed by atoms with E-state index >= 15 is 0 Å². The molecule has 0 nitrogen and oxygen atoms in total. The van der Waals surface area contributed by atoms with Gasteiger partial charge in [0.05, 0.1) is 0 Å². The molecule has 1 atom stereocenters. The maximum Gasteiger partial charge on any atom is 0.0439 e. The van der Waals surface area contributed by atoms with E-state index in [4.69, 9.17) is 34.8 Å². The van der Waals surface area contributed by atoms with Crippen LogP contribution in [0.3, 0.4) is 0 Å². The Kier molecular flexibility index (Phi) is 6.22. The highest BCUT2D eigenvalue weighted by atomic mass is 79.9. The Hall–Kier alpha value is -0.210. The molecule has 0 saturated carbocycles. The molecule has 0 saturated heterocycles. The van der Waals surface area contributed by atoms with Crippen molar-refractivity contribution in [3.8, 4) is 0 Å². The van der Waals surface area contributed by atoms with Gasteiger partial charge in [-0.05, 0) is 54.2 Å². The summed E-state index contributed by atoms with van der Waals surface area (Å²) >= 11 is 21.9. The van der Waals surface area contributed by atoms with Gasteiger partial charge in [0.15, 0.2) is 0 Å². The van der Waals surface area contributed by atoms with Crippen molar-refractivity contribution in [3.05, 3.63) is 68.1 Å². The quantitative estimate of drug-likeness (QED) is 0.517. The molecule has 2 aromatic rings. The largest absolute Gasteiger partial charge is 0.126 e.